The standard InChI is InChI=1S/C20H20N2O4/c1-12-4-3-5-13(2)19(12)22-18(23)11-15(20(22)24)21-14-6-7-16-17(10-14)26-9-8-25-16/h3-7,10,15,21H,8-9,11H2,1-2H3/t15-/m1/s1. The normalized spacial score (nSPS) is 19.0. The van der Waals surface area contributed by atoms with Crippen LogP contribution in [0.5, 0.6) is 11.5 Å². The van der Waals surface area contributed by atoms with Crippen LogP contribution in [0.3, 0.4) is 0 Å². The Labute approximate surface area is 151 Å². The van der Waals surface area contributed by atoms with Crippen molar-refractivity contribution < 1.29 is 19.1 Å². The number of hydrogen-bond donors (Lipinski definition) is 1. The molecule has 0 aliphatic carbocycles. The minimum Gasteiger partial charge on any atom is -0.486 e. The number of rotatable bonds is 3. The number of aryl methyl sites for hydroxylation is 2. The minimum atomic E-state index is -0.593. The molecular formula is C20H20N2O4. The van der Waals surface area contributed by atoms with Gasteiger partial charge in [-0.2, -0.15) is 0 Å². The summed E-state index contributed by atoms with van der Waals surface area (Å²) in [7, 11) is 0. The molecule has 0 aromatic heterocycles. The summed E-state index contributed by atoms with van der Waals surface area (Å²) in [6.45, 7) is 4.84. The van der Waals surface area contributed by atoms with Gasteiger partial charge in [-0.15, -0.1) is 0 Å². The van der Waals surface area contributed by atoms with E-state index in [0.29, 0.717) is 30.4 Å². The second-order valence-corrected chi connectivity index (χ2v) is 6.57. The molecule has 2 aliphatic rings. The lowest BCUT2D eigenvalue weighted by atomic mass is 10.1. The third-order valence-electron chi connectivity index (χ3n) is 4.69. The first-order chi connectivity index (χ1) is 12.5. The molecule has 4 rings (SSSR count). The smallest absolute Gasteiger partial charge is 0.256 e. The summed E-state index contributed by atoms with van der Waals surface area (Å²) in [5.41, 5.74) is 3.23. The van der Waals surface area contributed by atoms with E-state index in [1.807, 2.05) is 38.1 Å². The van der Waals surface area contributed by atoms with E-state index in [4.69, 9.17) is 9.47 Å². The monoisotopic (exact) mass is 352 g/mol. The van der Waals surface area contributed by atoms with Gasteiger partial charge in [-0.05, 0) is 37.1 Å². The Kier molecular flexibility index (Phi) is 4.03. The maximum atomic E-state index is 12.9. The van der Waals surface area contributed by atoms with Crippen molar-refractivity contribution in [1.29, 1.82) is 0 Å². The van der Waals surface area contributed by atoms with Crippen LogP contribution in [0.25, 0.3) is 0 Å². The first kappa shape index (κ1) is 16.4. The van der Waals surface area contributed by atoms with Crippen LogP contribution in [-0.4, -0.2) is 31.1 Å². The Balaban J connectivity index is 1.58. The number of nitrogens with one attached hydrogen (secondary N) is 1. The van der Waals surface area contributed by atoms with Crippen molar-refractivity contribution in [3.63, 3.8) is 0 Å². The topological polar surface area (TPSA) is 67.9 Å². The molecule has 2 amide bonds. The lowest BCUT2D eigenvalue weighted by Crippen LogP contribution is -2.35. The van der Waals surface area contributed by atoms with Gasteiger partial charge in [-0.1, -0.05) is 18.2 Å². The van der Waals surface area contributed by atoms with Gasteiger partial charge in [0, 0.05) is 11.8 Å². The Morgan fingerprint density at radius 1 is 1.00 bits per heavy atom. The maximum Gasteiger partial charge on any atom is 0.256 e. The van der Waals surface area contributed by atoms with E-state index >= 15 is 0 Å². The number of nitrogens with zero attached hydrogens (tertiary/aromatic N) is 1. The zero-order chi connectivity index (χ0) is 18.3. The van der Waals surface area contributed by atoms with Gasteiger partial charge < -0.3 is 14.8 Å². The number of carbonyl (C=O) groups excluding carboxylic acids is 2. The van der Waals surface area contributed by atoms with E-state index in [1.165, 1.54) is 4.90 Å². The third-order valence-corrected chi connectivity index (χ3v) is 4.69. The van der Waals surface area contributed by atoms with Crippen LogP contribution in [0.1, 0.15) is 17.5 Å². The third kappa shape index (κ3) is 2.77. The van der Waals surface area contributed by atoms with E-state index < -0.39 is 6.04 Å². The molecule has 1 saturated heterocycles. The summed E-state index contributed by atoms with van der Waals surface area (Å²) in [5.74, 6) is 0.905. The van der Waals surface area contributed by atoms with E-state index in [-0.39, 0.29) is 18.2 Å². The second-order valence-electron chi connectivity index (χ2n) is 6.57. The van der Waals surface area contributed by atoms with Gasteiger partial charge in [0.25, 0.3) is 5.91 Å². The molecule has 2 aromatic rings. The van der Waals surface area contributed by atoms with Crippen LogP contribution >= 0.6 is 0 Å². The van der Waals surface area contributed by atoms with Gasteiger partial charge in [-0.3, -0.25) is 9.59 Å². The predicted octanol–water partition coefficient (Wildman–Crippen LogP) is 2.82. The molecule has 134 valence electrons. The first-order valence-corrected chi connectivity index (χ1v) is 8.64. The van der Waals surface area contributed by atoms with E-state index in [2.05, 4.69) is 5.32 Å². The van der Waals surface area contributed by atoms with Crippen molar-refractivity contribution in [1.82, 2.24) is 0 Å². The molecule has 2 aliphatic heterocycles. The van der Waals surface area contributed by atoms with Gasteiger partial charge in [0.2, 0.25) is 5.91 Å². The fourth-order valence-corrected chi connectivity index (χ4v) is 3.47. The van der Waals surface area contributed by atoms with Crippen LogP contribution in [0.2, 0.25) is 0 Å². The molecule has 26 heavy (non-hydrogen) atoms. The summed E-state index contributed by atoms with van der Waals surface area (Å²) >= 11 is 0. The summed E-state index contributed by atoms with van der Waals surface area (Å²) in [6, 6.07) is 10.6. The number of hydrogen-bond acceptors (Lipinski definition) is 5. The van der Waals surface area contributed by atoms with Gasteiger partial charge >= 0.3 is 0 Å². The lowest BCUT2D eigenvalue weighted by Gasteiger charge is -2.21. The number of amides is 2. The number of para-hydroxylation sites is 1. The average Bonchev–Trinajstić information content (AvgIpc) is 2.89. The fourth-order valence-electron chi connectivity index (χ4n) is 3.47. The van der Waals surface area contributed by atoms with Gasteiger partial charge in [0.05, 0.1) is 12.1 Å². The Morgan fingerprint density at radius 2 is 1.69 bits per heavy atom. The number of fused-ring (bicyclic) bond motifs is 1. The summed E-state index contributed by atoms with van der Waals surface area (Å²) in [5, 5.41) is 3.16. The summed E-state index contributed by atoms with van der Waals surface area (Å²) in [4.78, 5) is 26.7. The Bertz CT molecular complexity index is 873. The molecule has 1 N–H and O–H groups in total. The SMILES string of the molecule is Cc1cccc(C)c1N1C(=O)C[C@@H](Nc2ccc3c(c2)OCCO3)C1=O. The highest BCUT2D eigenvalue weighted by Gasteiger charge is 2.40. The van der Waals surface area contributed by atoms with Gasteiger partial charge in [0.1, 0.15) is 19.3 Å². The largest absolute Gasteiger partial charge is 0.486 e. The van der Waals surface area contributed by atoms with Crippen molar-refractivity contribution in [3.05, 3.63) is 47.5 Å². The molecule has 1 fully saturated rings. The van der Waals surface area contributed by atoms with Crippen molar-refractivity contribution in [2.45, 2.75) is 26.3 Å². The van der Waals surface area contributed by atoms with Gasteiger partial charge in [-0.25, -0.2) is 4.90 Å². The molecule has 2 aromatic carbocycles. The molecule has 0 bridgehead atoms. The minimum absolute atomic E-state index is 0.126. The predicted molar refractivity (Wildman–Crippen MR) is 97.9 cm³/mol. The van der Waals surface area contributed by atoms with E-state index in [0.717, 1.165) is 16.8 Å². The molecule has 0 unspecified atom stereocenters. The highest BCUT2D eigenvalue weighted by molar-refractivity contribution is 6.23. The zero-order valence-electron chi connectivity index (χ0n) is 14.7. The summed E-state index contributed by atoms with van der Waals surface area (Å²) < 4.78 is 11.1. The highest BCUT2D eigenvalue weighted by atomic mass is 16.6. The molecule has 2 heterocycles. The van der Waals surface area contributed by atoms with Crippen molar-refractivity contribution in [2.75, 3.05) is 23.4 Å². The number of carbonyl (C=O) groups is 2. The highest BCUT2D eigenvalue weighted by Crippen LogP contribution is 2.34. The van der Waals surface area contributed by atoms with Crippen molar-refractivity contribution >= 4 is 23.2 Å². The van der Waals surface area contributed by atoms with Crippen LogP contribution < -0.4 is 19.7 Å². The molecule has 0 saturated carbocycles. The van der Waals surface area contributed by atoms with E-state index in [9.17, 15) is 9.59 Å². The Hall–Kier alpha value is -3.02. The number of imide groups is 1. The number of ether oxygens (including phenoxy) is 2. The molecule has 6 nitrogen and oxygen atoms in total. The molecule has 0 radical (unpaired) electrons. The van der Waals surface area contributed by atoms with Crippen LogP contribution in [0.15, 0.2) is 36.4 Å². The molecule has 6 heteroatoms. The first-order valence-electron chi connectivity index (χ1n) is 8.64. The van der Waals surface area contributed by atoms with Crippen molar-refractivity contribution in [3.8, 4) is 11.5 Å². The second kappa shape index (κ2) is 6.37. The average molecular weight is 352 g/mol. The Morgan fingerprint density at radius 3 is 2.42 bits per heavy atom. The maximum absolute atomic E-state index is 12.9. The molecule has 1 atom stereocenters. The van der Waals surface area contributed by atoms with Crippen LogP contribution in [0, 0.1) is 13.8 Å². The lowest BCUT2D eigenvalue weighted by molar-refractivity contribution is -0.121. The molecule has 0 spiro atoms. The number of benzene rings is 2. The zero-order valence-corrected chi connectivity index (χ0v) is 14.7. The van der Waals surface area contributed by atoms with Crippen LogP contribution in [0.4, 0.5) is 11.4 Å². The number of anilines is 2. The molecular weight excluding hydrogens is 332 g/mol. The quantitative estimate of drug-likeness (QED) is 0.861. The van der Waals surface area contributed by atoms with Gasteiger partial charge in [0.15, 0.2) is 11.5 Å². The van der Waals surface area contributed by atoms with E-state index in [1.54, 1.807) is 12.1 Å². The summed E-state index contributed by atoms with van der Waals surface area (Å²) in [6.07, 6.45) is 0.126. The van der Waals surface area contributed by atoms with Crippen LogP contribution in [-0.2, 0) is 9.59 Å². The van der Waals surface area contributed by atoms with Crippen molar-refractivity contribution in [2.24, 2.45) is 0 Å². The fraction of sp³-hybridized carbons (Fsp3) is 0.300.